The monoisotopic (exact) mass is 527 g/mol. The minimum absolute atomic E-state index is 0.293. The van der Waals surface area contributed by atoms with E-state index in [0.29, 0.717) is 11.4 Å². The van der Waals surface area contributed by atoms with Crippen LogP contribution in [0.4, 0.5) is 33.3 Å². The summed E-state index contributed by atoms with van der Waals surface area (Å²) in [5.74, 6) is -2.56. The number of nitrogens with zero attached hydrogens (tertiary/aromatic N) is 1. The predicted octanol–water partition coefficient (Wildman–Crippen LogP) is 3.14. The number of alkyl halides is 5. The van der Waals surface area contributed by atoms with Crippen LogP contribution in [0.2, 0.25) is 0 Å². The third-order valence-corrected chi connectivity index (χ3v) is 5.91. The Morgan fingerprint density at radius 3 is 2.26 bits per heavy atom. The number of piperazine rings is 1. The van der Waals surface area contributed by atoms with Crippen LogP contribution in [0.25, 0.3) is 0 Å². The van der Waals surface area contributed by atoms with E-state index in [0.717, 1.165) is 31.9 Å². The zero-order valence-corrected chi connectivity index (χ0v) is 19.0. The van der Waals surface area contributed by atoms with Crippen molar-refractivity contribution in [3.05, 3.63) is 42.5 Å². The summed E-state index contributed by atoms with van der Waals surface area (Å²) in [5, 5.41) is 10.4. The molecular weight excluding hydrogens is 505 g/mol. The second-order valence-corrected chi connectivity index (χ2v) is 8.51. The van der Waals surface area contributed by atoms with Crippen LogP contribution in [0, 0.1) is 0 Å². The van der Waals surface area contributed by atoms with Gasteiger partial charge >= 0.3 is 18.8 Å². The number of para-hydroxylation sites is 1. The van der Waals surface area contributed by atoms with Gasteiger partial charge in [-0.2, -0.15) is 22.0 Å². The number of nitrogens with one attached hydrogen (secondary N) is 2. The maximum Gasteiger partial charge on any atom is 0.490 e. The molecule has 3 rings (SSSR count). The Balaban J connectivity index is 0.000000540. The van der Waals surface area contributed by atoms with Gasteiger partial charge in [0.25, 0.3) is 10.0 Å². The van der Waals surface area contributed by atoms with Crippen molar-refractivity contribution in [2.24, 2.45) is 0 Å². The fourth-order valence-corrected chi connectivity index (χ4v) is 4.17. The molecule has 0 unspecified atom stereocenters. The largest absolute Gasteiger partial charge is 0.495 e. The van der Waals surface area contributed by atoms with Gasteiger partial charge in [-0.1, -0.05) is 12.1 Å². The number of rotatable bonds is 7. The Kier molecular flexibility index (Phi) is 9.47. The molecule has 0 spiro atoms. The van der Waals surface area contributed by atoms with Crippen molar-refractivity contribution in [3.8, 4) is 11.5 Å². The summed E-state index contributed by atoms with van der Waals surface area (Å²) < 4.78 is 94.6. The van der Waals surface area contributed by atoms with Crippen LogP contribution < -0.4 is 24.4 Å². The van der Waals surface area contributed by atoms with E-state index in [1.807, 2.05) is 0 Å². The smallest absolute Gasteiger partial charge is 0.490 e. The average molecular weight is 527 g/mol. The first-order valence-electron chi connectivity index (χ1n) is 9.85. The molecule has 3 N–H and O–H groups in total. The summed E-state index contributed by atoms with van der Waals surface area (Å²) in [6.07, 6.45) is -5.08. The SMILES string of the molecule is COc1ccc(NS(=O)(=O)c2ccccc2OC(F)F)cc1N1CCNCC1.O=C(O)C(F)(F)F. The van der Waals surface area contributed by atoms with E-state index in [-0.39, 0.29) is 4.90 Å². The van der Waals surface area contributed by atoms with Gasteiger partial charge in [-0.25, -0.2) is 13.2 Å². The topological polar surface area (TPSA) is 117 Å². The molecule has 15 heteroatoms. The number of carboxylic acid groups (broad SMARTS) is 1. The zero-order valence-electron chi connectivity index (χ0n) is 18.2. The molecular formula is C20H22F5N3O6S. The lowest BCUT2D eigenvalue weighted by Gasteiger charge is -2.31. The highest BCUT2D eigenvalue weighted by Crippen LogP contribution is 2.33. The molecule has 35 heavy (non-hydrogen) atoms. The Morgan fingerprint density at radius 1 is 1.11 bits per heavy atom. The molecule has 1 heterocycles. The van der Waals surface area contributed by atoms with Crippen molar-refractivity contribution in [2.75, 3.05) is 42.9 Å². The van der Waals surface area contributed by atoms with Crippen molar-refractivity contribution < 1.29 is 49.7 Å². The number of hydrogen-bond acceptors (Lipinski definition) is 7. The maximum atomic E-state index is 12.8. The normalized spacial score (nSPS) is 14.1. The molecule has 1 fully saturated rings. The van der Waals surface area contributed by atoms with Crippen molar-refractivity contribution in [2.45, 2.75) is 17.7 Å². The molecule has 1 aliphatic rings. The van der Waals surface area contributed by atoms with Gasteiger partial charge in [-0.3, -0.25) is 4.72 Å². The Bertz CT molecular complexity index is 1110. The van der Waals surface area contributed by atoms with Crippen LogP contribution in [0.3, 0.4) is 0 Å². The summed E-state index contributed by atoms with van der Waals surface area (Å²) in [6, 6.07) is 10.1. The molecule has 0 aromatic heterocycles. The standard InChI is InChI=1S/C18H21F2N3O4S.C2HF3O2/c1-26-15-7-6-13(12-14(15)23-10-8-21-9-11-23)22-28(24,25)17-5-3-2-4-16(17)27-18(19)20;3-2(4,5)1(6)7/h2-7,12,18,21-22H,8-11H2,1H3;(H,6,7). The van der Waals surface area contributed by atoms with Crippen LogP contribution in [-0.2, 0) is 14.8 Å². The number of sulfonamides is 1. The van der Waals surface area contributed by atoms with Crippen molar-refractivity contribution in [1.82, 2.24) is 5.32 Å². The van der Waals surface area contributed by atoms with E-state index in [4.69, 9.17) is 14.6 Å². The van der Waals surface area contributed by atoms with Gasteiger partial charge in [0.1, 0.15) is 16.4 Å². The maximum absolute atomic E-state index is 12.8. The second-order valence-electron chi connectivity index (χ2n) is 6.86. The van der Waals surface area contributed by atoms with Gasteiger partial charge in [-0.15, -0.1) is 0 Å². The van der Waals surface area contributed by atoms with Crippen molar-refractivity contribution in [1.29, 1.82) is 0 Å². The summed E-state index contributed by atoms with van der Waals surface area (Å²) in [6.45, 7) is -0.0268. The first-order valence-corrected chi connectivity index (χ1v) is 11.3. The molecule has 1 saturated heterocycles. The lowest BCUT2D eigenvalue weighted by molar-refractivity contribution is -0.192. The number of anilines is 2. The van der Waals surface area contributed by atoms with E-state index >= 15 is 0 Å². The van der Waals surface area contributed by atoms with E-state index in [1.54, 1.807) is 25.3 Å². The van der Waals surface area contributed by atoms with E-state index in [1.165, 1.54) is 24.3 Å². The van der Waals surface area contributed by atoms with Crippen molar-refractivity contribution in [3.63, 3.8) is 0 Å². The summed E-state index contributed by atoms with van der Waals surface area (Å²) >= 11 is 0. The minimum atomic E-state index is -5.08. The Morgan fingerprint density at radius 2 is 1.71 bits per heavy atom. The first kappa shape index (κ1) is 27.9. The molecule has 0 atom stereocenters. The molecule has 2 aromatic carbocycles. The number of methoxy groups -OCH3 is 1. The van der Waals surface area contributed by atoms with Gasteiger partial charge in [0, 0.05) is 26.2 Å². The van der Waals surface area contributed by atoms with Gasteiger partial charge in [0.2, 0.25) is 0 Å². The summed E-state index contributed by atoms with van der Waals surface area (Å²) in [7, 11) is -2.59. The average Bonchev–Trinajstić information content (AvgIpc) is 2.79. The van der Waals surface area contributed by atoms with Gasteiger partial charge in [0.15, 0.2) is 0 Å². The third-order valence-electron chi connectivity index (χ3n) is 4.49. The number of hydrogen-bond donors (Lipinski definition) is 3. The summed E-state index contributed by atoms with van der Waals surface area (Å²) in [4.78, 5) is 10.6. The van der Waals surface area contributed by atoms with Crippen molar-refractivity contribution >= 4 is 27.4 Å². The van der Waals surface area contributed by atoms with Gasteiger partial charge in [0.05, 0.1) is 18.5 Å². The predicted molar refractivity (Wildman–Crippen MR) is 116 cm³/mol. The first-order chi connectivity index (χ1) is 16.3. The van der Waals surface area contributed by atoms with Crippen LogP contribution in [0.5, 0.6) is 11.5 Å². The fraction of sp³-hybridized carbons (Fsp3) is 0.350. The van der Waals surface area contributed by atoms with Crippen LogP contribution >= 0.6 is 0 Å². The number of carboxylic acids is 1. The molecule has 194 valence electrons. The molecule has 0 saturated carbocycles. The quantitative estimate of drug-likeness (QED) is 0.471. The molecule has 9 nitrogen and oxygen atoms in total. The molecule has 0 radical (unpaired) electrons. The number of carbonyl (C=O) groups is 1. The zero-order chi connectivity index (χ0) is 26.2. The minimum Gasteiger partial charge on any atom is -0.495 e. The number of halogens is 5. The fourth-order valence-electron chi connectivity index (χ4n) is 2.98. The lowest BCUT2D eigenvalue weighted by atomic mass is 10.2. The van der Waals surface area contributed by atoms with E-state index in [9.17, 15) is 30.4 Å². The highest BCUT2D eigenvalue weighted by molar-refractivity contribution is 7.92. The highest BCUT2D eigenvalue weighted by Gasteiger charge is 2.38. The van der Waals surface area contributed by atoms with Crippen LogP contribution in [0.15, 0.2) is 47.4 Å². The third kappa shape index (κ3) is 8.13. The molecule has 0 amide bonds. The molecule has 1 aliphatic heterocycles. The number of aliphatic carboxylic acids is 1. The number of ether oxygens (including phenoxy) is 2. The number of benzene rings is 2. The molecule has 2 aromatic rings. The van der Waals surface area contributed by atoms with Gasteiger partial charge in [-0.05, 0) is 30.3 Å². The summed E-state index contributed by atoms with van der Waals surface area (Å²) in [5.41, 5.74) is 1.04. The van der Waals surface area contributed by atoms with Crippen LogP contribution in [-0.4, -0.2) is 65.6 Å². The lowest BCUT2D eigenvalue weighted by Crippen LogP contribution is -2.43. The van der Waals surface area contributed by atoms with E-state index < -0.39 is 34.5 Å². The van der Waals surface area contributed by atoms with Crippen LogP contribution in [0.1, 0.15) is 0 Å². The second kappa shape index (κ2) is 11.9. The van der Waals surface area contributed by atoms with E-state index in [2.05, 4.69) is 19.7 Å². The molecule has 0 aliphatic carbocycles. The van der Waals surface area contributed by atoms with Gasteiger partial charge < -0.3 is 24.8 Å². The Labute approximate surface area is 197 Å². The highest BCUT2D eigenvalue weighted by atomic mass is 32.2. The Hall–Kier alpha value is -3.33. The molecule has 0 bridgehead atoms.